The molecule has 5 nitrogen and oxygen atoms in total. The molecule has 2 heterocycles. The van der Waals surface area contributed by atoms with E-state index in [4.69, 9.17) is 4.74 Å². The lowest BCUT2D eigenvalue weighted by atomic mass is 9.98. The molecule has 3 aromatic rings. The van der Waals surface area contributed by atoms with Crippen LogP contribution in [0.4, 0.5) is 0 Å². The Labute approximate surface area is 152 Å². The number of likely N-dealkylation sites (tertiary alicyclic amines) is 1. The summed E-state index contributed by atoms with van der Waals surface area (Å²) >= 11 is 0. The minimum atomic E-state index is -0.0581. The molecular weight excluding hydrogens is 326 g/mol. The van der Waals surface area contributed by atoms with Crippen LogP contribution >= 0.6 is 0 Å². The Bertz CT molecular complexity index is 884. The van der Waals surface area contributed by atoms with Crippen LogP contribution in [0.5, 0.6) is 11.5 Å². The zero-order valence-electron chi connectivity index (χ0n) is 14.3. The van der Waals surface area contributed by atoms with Gasteiger partial charge in [0.15, 0.2) is 0 Å². The highest BCUT2D eigenvalue weighted by atomic mass is 16.5. The van der Waals surface area contributed by atoms with Crippen LogP contribution in [-0.2, 0) is 0 Å². The quantitative estimate of drug-likeness (QED) is 0.720. The van der Waals surface area contributed by atoms with Crippen LogP contribution in [0.15, 0.2) is 73.2 Å². The molecule has 1 aromatic heterocycles. The first kappa shape index (κ1) is 16.3. The predicted molar refractivity (Wildman–Crippen MR) is 98.3 cm³/mol. The molecule has 4 rings (SSSR count). The van der Waals surface area contributed by atoms with Crippen molar-refractivity contribution in [1.29, 1.82) is 0 Å². The van der Waals surface area contributed by atoms with Gasteiger partial charge in [-0.25, -0.2) is 4.98 Å². The van der Waals surface area contributed by atoms with Gasteiger partial charge < -0.3 is 9.64 Å². The molecular formula is C21H19N3O2. The van der Waals surface area contributed by atoms with E-state index < -0.39 is 0 Å². The molecule has 0 N–H and O–H groups in total. The Kier molecular flexibility index (Phi) is 4.60. The number of hydrogen-bond acceptors (Lipinski definition) is 4. The van der Waals surface area contributed by atoms with Gasteiger partial charge in [0.25, 0.3) is 5.91 Å². The van der Waals surface area contributed by atoms with E-state index >= 15 is 0 Å². The smallest absolute Gasteiger partial charge is 0.274 e. The number of ether oxygens (including phenoxy) is 1. The van der Waals surface area contributed by atoms with E-state index in [2.05, 4.69) is 22.1 Å². The summed E-state index contributed by atoms with van der Waals surface area (Å²) in [5.74, 6) is 1.87. The van der Waals surface area contributed by atoms with Crippen molar-refractivity contribution in [3.05, 3.63) is 84.4 Å². The molecule has 0 spiro atoms. The van der Waals surface area contributed by atoms with Crippen LogP contribution in [-0.4, -0.2) is 33.9 Å². The van der Waals surface area contributed by atoms with Gasteiger partial charge in [0, 0.05) is 31.4 Å². The van der Waals surface area contributed by atoms with Gasteiger partial charge in [0.2, 0.25) is 0 Å². The molecule has 0 unspecified atom stereocenters. The van der Waals surface area contributed by atoms with Gasteiger partial charge in [-0.15, -0.1) is 0 Å². The largest absolute Gasteiger partial charge is 0.457 e. The second kappa shape index (κ2) is 7.35. The molecule has 0 radical (unpaired) electrons. The average Bonchev–Trinajstić information content (AvgIpc) is 3.19. The van der Waals surface area contributed by atoms with E-state index in [0.717, 1.165) is 24.5 Å². The molecule has 5 heteroatoms. The van der Waals surface area contributed by atoms with Crippen molar-refractivity contribution in [2.75, 3.05) is 13.1 Å². The first-order valence-corrected chi connectivity index (χ1v) is 8.68. The minimum Gasteiger partial charge on any atom is -0.457 e. The van der Waals surface area contributed by atoms with Crippen molar-refractivity contribution in [2.45, 2.75) is 12.3 Å². The molecule has 0 saturated carbocycles. The summed E-state index contributed by atoms with van der Waals surface area (Å²) in [7, 11) is 0. The van der Waals surface area contributed by atoms with Crippen molar-refractivity contribution in [1.82, 2.24) is 14.9 Å². The van der Waals surface area contributed by atoms with Gasteiger partial charge in [0.05, 0.1) is 6.20 Å². The summed E-state index contributed by atoms with van der Waals surface area (Å²) in [6.07, 6.45) is 5.57. The normalized spacial score (nSPS) is 16.5. The highest BCUT2D eigenvalue weighted by molar-refractivity contribution is 5.92. The zero-order chi connectivity index (χ0) is 17.8. The summed E-state index contributed by atoms with van der Waals surface area (Å²) in [5.41, 5.74) is 1.59. The molecule has 0 aliphatic carbocycles. The maximum atomic E-state index is 12.5. The lowest BCUT2D eigenvalue weighted by molar-refractivity contribution is 0.0784. The fourth-order valence-electron chi connectivity index (χ4n) is 3.24. The van der Waals surface area contributed by atoms with E-state index in [1.165, 1.54) is 11.8 Å². The minimum absolute atomic E-state index is 0.0581. The van der Waals surface area contributed by atoms with Gasteiger partial charge in [-0.2, -0.15) is 0 Å². The second-order valence-corrected chi connectivity index (χ2v) is 6.32. The number of carbonyl (C=O) groups excluding carboxylic acids is 1. The van der Waals surface area contributed by atoms with Gasteiger partial charge in [0.1, 0.15) is 17.2 Å². The number of nitrogens with zero attached hydrogens (tertiary/aromatic N) is 3. The topological polar surface area (TPSA) is 55.3 Å². The lowest BCUT2D eigenvalue weighted by Crippen LogP contribution is -2.29. The monoisotopic (exact) mass is 345 g/mol. The van der Waals surface area contributed by atoms with Crippen LogP contribution in [0.1, 0.15) is 28.4 Å². The molecule has 1 atom stereocenters. The van der Waals surface area contributed by atoms with Crippen molar-refractivity contribution < 1.29 is 9.53 Å². The van der Waals surface area contributed by atoms with Crippen LogP contribution in [0.3, 0.4) is 0 Å². The van der Waals surface area contributed by atoms with Gasteiger partial charge in [-0.05, 0) is 36.2 Å². The summed E-state index contributed by atoms with van der Waals surface area (Å²) in [6, 6.07) is 17.8. The van der Waals surface area contributed by atoms with E-state index in [1.807, 2.05) is 47.4 Å². The van der Waals surface area contributed by atoms with Crippen molar-refractivity contribution in [3.63, 3.8) is 0 Å². The van der Waals surface area contributed by atoms with E-state index in [-0.39, 0.29) is 5.91 Å². The Balaban J connectivity index is 1.45. The Morgan fingerprint density at radius 2 is 1.88 bits per heavy atom. The highest BCUT2D eigenvalue weighted by Crippen LogP contribution is 2.31. The highest BCUT2D eigenvalue weighted by Gasteiger charge is 2.28. The SMILES string of the molecule is O=C(c1cnccn1)N1CC[C@H](c2cccc(Oc3ccccc3)c2)C1. The maximum Gasteiger partial charge on any atom is 0.274 e. The van der Waals surface area contributed by atoms with Crippen LogP contribution < -0.4 is 4.74 Å². The molecule has 1 saturated heterocycles. The van der Waals surface area contributed by atoms with Crippen molar-refractivity contribution in [2.24, 2.45) is 0 Å². The molecule has 1 amide bonds. The van der Waals surface area contributed by atoms with E-state index in [0.29, 0.717) is 18.2 Å². The van der Waals surface area contributed by atoms with Crippen molar-refractivity contribution >= 4 is 5.91 Å². The summed E-state index contributed by atoms with van der Waals surface area (Å²) in [6.45, 7) is 1.41. The summed E-state index contributed by atoms with van der Waals surface area (Å²) < 4.78 is 5.92. The first-order chi connectivity index (χ1) is 12.8. The predicted octanol–water partition coefficient (Wildman–Crippen LogP) is 3.90. The molecule has 1 aliphatic rings. The fourth-order valence-corrected chi connectivity index (χ4v) is 3.24. The third-order valence-corrected chi connectivity index (χ3v) is 4.57. The lowest BCUT2D eigenvalue weighted by Gasteiger charge is -2.16. The zero-order valence-corrected chi connectivity index (χ0v) is 14.3. The summed E-state index contributed by atoms with van der Waals surface area (Å²) in [4.78, 5) is 22.5. The number of hydrogen-bond donors (Lipinski definition) is 0. The van der Waals surface area contributed by atoms with E-state index in [9.17, 15) is 4.79 Å². The number of aromatic nitrogens is 2. The molecule has 1 aliphatic heterocycles. The van der Waals surface area contributed by atoms with E-state index in [1.54, 1.807) is 12.4 Å². The number of benzene rings is 2. The summed E-state index contributed by atoms with van der Waals surface area (Å²) in [5, 5.41) is 0. The molecule has 26 heavy (non-hydrogen) atoms. The number of para-hydroxylation sites is 1. The van der Waals surface area contributed by atoms with Crippen LogP contribution in [0, 0.1) is 0 Å². The molecule has 2 aromatic carbocycles. The Morgan fingerprint density at radius 3 is 2.69 bits per heavy atom. The fraction of sp³-hybridized carbons (Fsp3) is 0.190. The Morgan fingerprint density at radius 1 is 1.04 bits per heavy atom. The first-order valence-electron chi connectivity index (χ1n) is 8.68. The standard InChI is InChI=1S/C21H19N3O2/c25-21(20-14-22-10-11-23-20)24-12-9-17(15-24)16-5-4-8-19(13-16)26-18-6-2-1-3-7-18/h1-8,10-11,13-14,17H,9,12,15H2/t17-/m0/s1. The molecule has 1 fully saturated rings. The molecule has 0 bridgehead atoms. The number of carbonyl (C=O) groups is 1. The molecule has 130 valence electrons. The second-order valence-electron chi connectivity index (χ2n) is 6.32. The Hall–Kier alpha value is -3.21. The average molecular weight is 345 g/mol. The third kappa shape index (κ3) is 3.57. The van der Waals surface area contributed by atoms with Gasteiger partial charge >= 0.3 is 0 Å². The number of amides is 1. The maximum absolute atomic E-state index is 12.5. The van der Waals surface area contributed by atoms with Gasteiger partial charge in [-0.3, -0.25) is 9.78 Å². The third-order valence-electron chi connectivity index (χ3n) is 4.57. The number of rotatable bonds is 4. The van der Waals surface area contributed by atoms with Crippen LogP contribution in [0.2, 0.25) is 0 Å². The van der Waals surface area contributed by atoms with Gasteiger partial charge in [-0.1, -0.05) is 30.3 Å². The van der Waals surface area contributed by atoms with Crippen molar-refractivity contribution in [3.8, 4) is 11.5 Å². The van der Waals surface area contributed by atoms with Crippen LogP contribution in [0.25, 0.3) is 0 Å².